The highest BCUT2D eigenvalue weighted by atomic mass is 32.1. The van der Waals surface area contributed by atoms with E-state index in [1.54, 1.807) is 46.0 Å². The number of aromatic nitrogens is 1. The number of aliphatic hydroxyl groups excluding tert-OH is 2. The van der Waals surface area contributed by atoms with Crippen LogP contribution in [0.4, 0.5) is 4.79 Å². The molecule has 0 bridgehead atoms. The van der Waals surface area contributed by atoms with E-state index in [1.165, 1.54) is 40.4 Å². The van der Waals surface area contributed by atoms with Gasteiger partial charge in [0.05, 0.1) is 28.5 Å². The molecule has 8 rings (SSSR count). The highest BCUT2D eigenvalue weighted by molar-refractivity contribution is 7.19. The summed E-state index contributed by atoms with van der Waals surface area (Å²) in [6.45, 7) is 14.5. The number of benzene rings is 1. The van der Waals surface area contributed by atoms with Gasteiger partial charge in [-0.05, 0) is 180 Å². The Labute approximate surface area is 470 Å². The van der Waals surface area contributed by atoms with Gasteiger partial charge in [0.1, 0.15) is 23.5 Å². The third kappa shape index (κ3) is 13.0. The van der Waals surface area contributed by atoms with Crippen LogP contribution in [0.3, 0.4) is 0 Å². The van der Waals surface area contributed by atoms with Gasteiger partial charge in [-0.15, -0.1) is 11.3 Å². The number of amides is 4. The van der Waals surface area contributed by atoms with Gasteiger partial charge in [0.2, 0.25) is 17.7 Å². The number of rotatable bonds is 24. The number of carbonyl (C=O) groups is 6. The zero-order valence-electron chi connectivity index (χ0n) is 47.9. The summed E-state index contributed by atoms with van der Waals surface area (Å²) in [6.07, 6.45) is 11.6. The molecule has 1 aromatic heterocycles. The number of ketones is 1. The van der Waals surface area contributed by atoms with Crippen LogP contribution in [0.5, 0.6) is 5.75 Å². The Hall–Kier alpha value is -5.22. The number of aliphatic hydroxyl groups is 2. The lowest BCUT2D eigenvalue weighted by atomic mass is 9.46. The van der Waals surface area contributed by atoms with Crippen LogP contribution in [-0.2, 0) is 28.7 Å². The predicted molar refractivity (Wildman–Crippen MR) is 299 cm³/mol. The van der Waals surface area contributed by atoms with Crippen molar-refractivity contribution >= 4 is 57.1 Å². The number of thiazole rings is 1. The van der Waals surface area contributed by atoms with E-state index < -0.39 is 29.6 Å². The molecule has 5 N–H and O–H groups in total. The third-order valence-corrected chi connectivity index (χ3v) is 20.8. The Bertz CT molecular complexity index is 2750. The second kappa shape index (κ2) is 24.9. The molecule has 2 heterocycles. The molecule has 12 atom stereocenters. The van der Waals surface area contributed by atoms with Gasteiger partial charge in [-0.2, -0.15) is 5.26 Å². The SMILES string of the molecule is CC1=C(C)C(O)C(C)=C(C(C)(C)CC(=O)N(C)CCN(CCCCCC(=O)NCCCCC(NC(=O)CCC(C)C2CCC3C4CCC5CC(O)CCC5(C)C4CC4OC423)C(=O)O)C(=O)Oc2ccc3nc(C#N)sc3c2)C1=O. The van der Waals surface area contributed by atoms with Crippen molar-refractivity contribution in [3.8, 4) is 11.8 Å². The summed E-state index contributed by atoms with van der Waals surface area (Å²) >= 11 is 1.19. The summed E-state index contributed by atoms with van der Waals surface area (Å²) in [5.74, 6) is 1.59. The second-order valence-corrected chi connectivity index (χ2v) is 26.2. The number of hydrogen-bond acceptors (Lipinski definition) is 13. The molecular formula is C61H86N6O11S. The largest absolute Gasteiger partial charge is 0.480 e. The number of fused-ring (bicyclic) bond motifs is 5. The lowest BCUT2D eigenvalue weighted by Crippen LogP contribution is -2.54. The molecule has 79 heavy (non-hydrogen) atoms. The minimum Gasteiger partial charge on any atom is -0.480 e. The first kappa shape index (κ1) is 59.9. The fraction of sp³-hybridized carbons (Fsp3) is 0.705. The first-order valence-corrected chi connectivity index (χ1v) is 30.1. The van der Waals surface area contributed by atoms with Gasteiger partial charge in [0.15, 0.2) is 10.8 Å². The minimum atomic E-state index is -1.07. The molecule has 0 radical (unpaired) electrons. The highest BCUT2D eigenvalue weighted by Gasteiger charge is 2.75. The summed E-state index contributed by atoms with van der Waals surface area (Å²) in [6, 6.07) is 5.97. The minimum absolute atomic E-state index is 0.00209. The fourth-order valence-electron chi connectivity index (χ4n) is 15.2. The quantitative estimate of drug-likeness (QED) is 0.0487. The number of hydrogen-bond donors (Lipinski definition) is 5. The van der Waals surface area contributed by atoms with Crippen molar-refractivity contribution in [3.05, 3.63) is 45.5 Å². The summed E-state index contributed by atoms with van der Waals surface area (Å²) in [4.78, 5) is 86.4. The molecule has 4 saturated carbocycles. The van der Waals surface area contributed by atoms with E-state index in [1.807, 2.05) is 19.9 Å². The first-order valence-electron chi connectivity index (χ1n) is 29.3. The maximum atomic E-state index is 13.7. The summed E-state index contributed by atoms with van der Waals surface area (Å²) in [7, 11) is 1.64. The topological polar surface area (TPSA) is 252 Å². The Morgan fingerprint density at radius 2 is 1.71 bits per heavy atom. The number of likely N-dealkylation sites (N-methyl/N-ethyl adjacent to an activating group) is 1. The van der Waals surface area contributed by atoms with E-state index >= 15 is 0 Å². The summed E-state index contributed by atoms with van der Waals surface area (Å²) in [5, 5.41) is 46.6. The van der Waals surface area contributed by atoms with Crippen molar-refractivity contribution in [2.45, 2.75) is 194 Å². The Kier molecular flexibility index (Phi) is 18.9. The number of nitriles is 1. The molecule has 5 aliphatic carbocycles. The van der Waals surface area contributed by atoms with Crippen LogP contribution in [0.1, 0.15) is 169 Å². The van der Waals surface area contributed by atoms with E-state index in [4.69, 9.17) is 9.47 Å². The van der Waals surface area contributed by atoms with Gasteiger partial charge < -0.3 is 45.2 Å². The maximum Gasteiger partial charge on any atom is 0.415 e. The van der Waals surface area contributed by atoms with E-state index in [2.05, 4.69) is 29.5 Å². The molecule has 1 spiro atoms. The van der Waals surface area contributed by atoms with Gasteiger partial charge in [-0.1, -0.05) is 34.1 Å². The predicted octanol–water partition coefficient (Wildman–Crippen LogP) is 9.03. The van der Waals surface area contributed by atoms with Crippen molar-refractivity contribution in [3.63, 3.8) is 0 Å². The smallest absolute Gasteiger partial charge is 0.415 e. The number of allylic oxidation sites excluding steroid dienone is 2. The monoisotopic (exact) mass is 1110 g/mol. The van der Waals surface area contributed by atoms with Gasteiger partial charge >= 0.3 is 12.1 Å². The number of nitrogens with one attached hydrogen (secondary N) is 2. The van der Waals surface area contributed by atoms with E-state index in [9.17, 15) is 49.3 Å². The molecule has 4 amide bonds. The van der Waals surface area contributed by atoms with Gasteiger partial charge in [-0.25, -0.2) is 14.6 Å². The highest BCUT2D eigenvalue weighted by Crippen LogP contribution is 2.72. The summed E-state index contributed by atoms with van der Waals surface area (Å²) in [5.41, 5.74) is 2.01. The van der Waals surface area contributed by atoms with Crippen LogP contribution in [0.15, 0.2) is 40.5 Å². The molecular weight excluding hydrogens is 1020 g/mol. The molecule has 1 aromatic carbocycles. The van der Waals surface area contributed by atoms with Crippen LogP contribution in [-0.4, -0.2) is 129 Å². The molecule has 432 valence electrons. The number of aliphatic carboxylic acids is 1. The van der Waals surface area contributed by atoms with Crippen LogP contribution < -0.4 is 15.4 Å². The second-order valence-electron chi connectivity index (χ2n) is 25.2. The molecule has 6 aliphatic rings. The maximum absolute atomic E-state index is 13.7. The number of Topliss-reactive ketones (excluding diaryl/α,β-unsaturated/α-hetero) is 1. The molecule has 17 nitrogen and oxygen atoms in total. The number of ether oxygens (including phenoxy) is 2. The number of unbranched alkanes of at least 4 members (excludes halogenated alkanes) is 3. The van der Waals surface area contributed by atoms with Crippen LogP contribution in [0.25, 0.3) is 10.2 Å². The molecule has 12 unspecified atom stereocenters. The summed E-state index contributed by atoms with van der Waals surface area (Å²) < 4.78 is 13.3. The average molecular weight is 1110 g/mol. The van der Waals surface area contributed by atoms with Crippen molar-refractivity contribution in [2.24, 2.45) is 46.3 Å². The lowest BCUT2D eigenvalue weighted by Gasteiger charge is -2.58. The van der Waals surface area contributed by atoms with E-state index in [0.717, 1.165) is 32.1 Å². The van der Waals surface area contributed by atoms with E-state index in [0.29, 0.717) is 118 Å². The number of carboxylic acids is 1. The van der Waals surface area contributed by atoms with Crippen LogP contribution in [0, 0.1) is 57.7 Å². The normalized spacial score (nSPS) is 28.8. The van der Waals surface area contributed by atoms with Gasteiger partial charge in [0, 0.05) is 69.5 Å². The Morgan fingerprint density at radius 3 is 2.46 bits per heavy atom. The standard InChI is InChI=1S/C61H86N6O11S/c1-35(43-20-21-44-42-19-17-39-30-40(68)24-25-60(39,7)45(42)32-49-61(43,44)78-49)16-23-51(70)64-47(57(74)75)14-11-12-26-63-50(69)15-10-9-13-27-67(58(76)77-41-18-22-46-48(31-41)79-52(34-62)65-46)29-28-66(8)53(71)33-59(5,6)54-38(4)55(72)36(2)37(3)56(54)73/h18,22,31,35,39-40,42-45,47,49,55,68,72H,9-17,19-21,23-30,32-33H2,1-8H3,(H,63,69)(H,64,70)(H,74,75). The number of carboxylic acid groups (broad SMARTS) is 1. The molecule has 18 heteroatoms. The molecule has 1 saturated heterocycles. The lowest BCUT2D eigenvalue weighted by molar-refractivity contribution is -0.142. The molecule has 2 aromatic rings. The zero-order chi connectivity index (χ0) is 57.1. The number of carbonyl (C=O) groups excluding carboxylic acids is 5. The van der Waals surface area contributed by atoms with E-state index in [-0.39, 0.29) is 97.6 Å². The number of nitrogens with zero attached hydrogens (tertiary/aromatic N) is 4. The van der Waals surface area contributed by atoms with Crippen molar-refractivity contribution in [2.75, 3.05) is 33.2 Å². The zero-order valence-corrected chi connectivity index (χ0v) is 48.7. The first-order chi connectivity index (χ1) is 37.5. The average Bonchev–Trinajstić information content (AvgIpc) is 2.51. The Balaban J connectivity index is 0.739. The van der Waals surface area contributed by atoms with Crippen LogP contribution in [0.2, 0.25) is 0 Å². The molecule has 1 aliphatic heterocycles. The Morgan fingerprint density at radius 1 is 0.937 bits per heavy atom. The fourth-order valence-corrected chi connectivity index (χ4v) is 16.0. The van der Waals surface area contributed by atoms with Crippen molar-refractivity contribution in [1.29, 1.82) is 5.26 Å². The van der Waals surface area contributed by atoms with Crippen molar-refractivity contribution in [1.82, 2.24) is 25.4 Å². The third-order valence-electron chi connectivity index (χ3n) is 19.9. The van der Waals surface area contributed by atoms with Crippen molar-refractivity contribution < 1.29 is 53.6 Å². The molecule has 5 fully saturated rings. The van der Waals surface area contributed by atoms with Gasteiger partial charge in [0.25, 0.3) is 0 Å². The van der Waals surface area contributed by atoms with Crippen LogP contribution >= 0.6 is 11.3 Å². The van der Waals surface area contributed by atoms with Gasteiger partial charge in [-0.3, -0.25) is 19.2 Å². The number of epoxide rings is 1.